The first-order valence-corrected chi connectivity index (χ1v) is 6.73. The Balaban J connectivity index is 2.45. The molecule has 0 radical (unpaired) electrons. The van der Waals surface area contributed by atoms with Crippen LogP contribution < -0.4 is 5.32 Å². The zero-order chi connectivity index (χ0) is 17.2. The Morgan fingerprint density at radius 2 is 1.78 bits per heavy atom. The van der Waals surface area contributed by atoms with Crippen LogP contribution in [0.25, 0.3) is 0 Å². The number of hydrogen-bond donors (Lipinski definition) is 2. The third kappa shape index (κ3) is 7.60. The molecule has 1 amide bonds. The van der Waals surface area contributed by atoms with E-state index >= 15 is 0 Å². The van der Waals surface area contributed by atoms with Crippen LogP contribution in [0.3, 0.4) is 0 Å². The van der Waals surface area contributed by atoms with Gasteiger partial charge in [-0.05, 0) is 5.56 Å². The smallest absolute Gasteiger partial charge is 0.326 e. The Labute approximate surface area is 132 Å². The largest absolute Gasteiger partial charge is 0.480 e. The molecule has 0 aliphatic carbocycles. The summed E-state index contributed by atoms with van der Waals surface area (Å²) < 4.78 is 9.38. The standard InChI is InChI=1S/C15H17NO7/c1-10(17)22-9-13(18)16-12(15(20)21)7-14(19)23-8-11-5-3-2-4-6-11/h2-6,12H,7-9H2,1H3,(H,16,18)(H,20,21)/t12-/m0/s1. The van der Waals surface area contributed by atoms with Gasteiger partial charge in [0.25, 0.3) is 5.91 Å². The Hall–Kier alpha value is -2.90. The van der Waals surface area contributed by atoms with E-state index in [0.29, 0.717) is 0 Å². The van der Waals surface area contributed by atoms with E-state index in [4.69, 9.17) is 9.84 Å². The van der Waals surface area contributed by atoms with E-state index in [9.17, 15) is 19.2 Å². The quantitative estimate of drug-likeness (QED) is 0.658. The van der Waals surface area contributed by atoms with Crippen molar-refractivity contribution in [1.29, 1.82) is 0 Å². The van der Waals surface area contributed by atoms with Gasteiger partial charge in [-0.15, -0.1) is 0 Å². The van der Waals surface area contributed by atoms with Crippen LogP contribution in [0.5, 0.6) is 0 Å². The second kappa shape index (κ2) is 9.19. The fraction of sp³-hybridized carbons (Fsp3) is 0.333. The third-order valence-electron chi connectivity index (χ3n) is 2.65. The molecule has 0 saturated carbocycles. The molecular formula is C15H17NO7. The minimum atomic E-state index is -1.46. The first kappa shape index (κ1) is 18.1. The second-order valence-corrected chi connectivity index (χ2v) is 4.59. The van der Waals surface area contributed by atoms with Crippen LogP contribution in [-0.2, 0) is 35.3 Å². The van der Waals surface area contributed by atoms with Crippen LogP contribution in [0, 0.1) is 0 Å². The predicted octanol–water partition coefficient (Wildman–Crippen LogP) is 0.252. The highest BCUT2D eigenvalue weighted by Gasteiger charge is 2.24. The molecule has 0 bridgehead atoms. The molecule has 2 N–H and O–H groups in total. The number of aliphatic carboxylic acids is 1. The Morgan fingerprint density at radius 1 is 1.13 bits per heavy atom. The van der Waals surface area contributed by atoms with Gasteiger partial charge >= 0.3 is 17.9 Å². The van der Waals surface area contributed by atoms with Crippen LogP contribution in [0.1, 0.15) is 18.9 Å². The summed E-state index contributed by atoms with van der Waals surface area (Å²) in [6.07, 6.45) is -0.534. The molecule has 1 aromatic carbocycles. The normalized spacial score (nSPS) is 11.2. The Bertz CT molecular complexity index is 570. The number of nitrogens with one attached hydrogen (secondary N) is 1. The number of carbonyl (C=O) groups excluding carboxylic acids is 3. The molecule has 0 unspecified atom stereocenters. The van der Waals surface area contributed by atoms with Crippen LogP contribution in [0.2, 0.25) is 0 Å². The SMILES string of the molecule is CC(=O)OCC(=O)N[C@@H](CC(=O)OCc1ccccc1)C(=O)O. The lowest BCUT2D eigenvalue weighted by atomic mass is 10.2. The zero-order valence-corrected chi connectivity index (χ0v) is 12.5. The molecule has 8 nitrogen and oxygen atoms in total. The molecule has 1 atom stereocenters. The summed E-state index contributed by atoms with van der Waals surface area (Å²) in [5.74, 6) is -3.65. The summed E-state index contributed by atoms with van der Waals surface area (Å²) in [6.45, 7) is 0.508. The van der Waals surface area contributed by atoms with E-state index in [-0.39, 0.29) is 6.61 Å². The van der Waals surface area contributed by atoms with Gasteiger partial charge in [-0.1, -0.05) is 30.3 Å². The molecule has 1 rings (SSSR count). The van der Waals surface area contributed by atoms with Crippen molar-refractivity contribution in [2.24, 2.45) is 0 Å². The summed E-state index contributed by atoms with van der Waals surface area (Å²) >= 11 is 0. The fourth-order valence-corrected chi connectivity index (χ4v) is 1.57. The van der Waals surface area contributed by atoms with Crippen molar-refractivity contribution in [2.75, 3.05) is 6.61 Å². The van der Waals surface area contributed by atoms with Gasteiger partial charge in [-0.2, -0.15) is 0 Å². The van der Waals surface area contributed by atoms with E-state index in [1.807, 2.05) is 6.07 Å². The molecule has 0 spiro atoms. The minimum Gasteiger partial charge on any atom is -0.480 e. The average molecular weight is 323 g/mol. The predicted molar refractivity (Wildman–Crippen MR) is 77.1 cm³/mol. The highest BCUT2D eigenvalue weighted by Crippen LogP contribution is 2.03. The lowest BCUT2D eigenvalue weighted by Crippen LogP contribution is -2.44. The number of carboxylic acids is 1. The van der Waals surface area contributed by atoms with Crippen molar-refractivity contribution in [2.45, 2.75) is 26.0 Å². The molecule has 8 heteroatoms. The van der Waals surface area contributed by atoms with Gasteiger partial charge in [0, 0.05) is 6.92 Å². The van der Waals surface area contributed by atoms with Gasteiger partial charge in [0.05, 0.1) is 6.42 Å². The Morgan fingerprint density at radius 3 is 2.35 bits per heavy atom. The van der Waals surface area contributed by atoms with Crippen LogP contribution in [0.4, 0.5) is 0 Å². The molecule has 23 heavy (non-hydrogen) atoms. The van der Waals surface area contributed by atoms with Gasteiger partial charge in [-0.3, -0.25) is 14.4 Å². The van der Waals surface area contributed by atoms with Crippen LogP contribution in [-0.4, -0.2) is 41.6 Å². The highest BCUT2D eigenvalue weighted by molar-refractivity contribution is 5.88. The molecule has 0 aliphatic rings. The average Bonchev–Trinajstić information content (AvgIpc) is 2.51. The molecule has 0 heterocycles. The third-order valence-corrected chi connectivity index (χ3v) is 2.65. The second-order valence-electron chi connectivity index (χ2n) is 4.59. The van der Waals surface area contributed by atoms with Crippen molar-refractivity contribution in [3.05, 3.63) is 35.9 Å². The summed E-state index contributed by atoms with van der Waals surface area (Å²) in [4.78, 5) is 44.7. The van der Waals surface area contributed by atoms with Crippen LogP contribution in [0.15, 0.2) is 30.3 Å². The molecule has 1 aromatic rings. The molecule has 0 fully saturated rings. The lowest BCUT2D eigenvalue weighted by Gasteiger charge is -2.14. The van der Waals surface area contributed by atoms with Crippen molar-refractivity contribution < 1.29 is 33.8 Å². The van der Waals surface area contributed by atoms with Crippen molar-refractivity contribution in [3.8, 4) is 0 Å². The first-order valence-electron chi connectivity index (χ1n) is 6.73. The van der Waals surface area contributed by atoms with Gasteiger partial charge in [0.15, 0.2) is 6.61 Å². The number of hydrogen-bond acceptors (Lipinski definition) is 6. The number of benzene rings is 1. The number of carboxylic acid groups (broad SMARTS) is 1. The lowest BCUT2D eigenvalue weighted by molar-refractivity contribution is -0.152. The molecule has 124 valence electrons. The maximum atomic E-state index is 11.7. The number of esters is 2. The van der Waals surface area contributed by atoms with Gasteiger partial charge in [-0.25, -0.2) is 4.79 Å². The van der Waals surface area contributed by atoms with E-state index in [0.717, 1.165) is 12.5 Å². The van der Waals surface area contributed by atoms with Crippen molar-refractivity contribution in [1.82, 2.24) is 5.32 Å². The monoisotopic (exact) mass is 323 g/mol. The molecular weight excluding hydrogens is 306 g/mol. The summed E-state index contributed by atoms with van der Waals surface area (Å²) in [5.41, 5.74) is 0.756. The van der Waals surface area contributed by atoms with Crippen LogP contribution >= 0.6 is 0 Å². The maximum Gasteiger partial charge on any atom is 0.326 e. The van der Waals surface area contributed by atoms with Gasteiger partial charge in [0.1, 0.15) is 12.6 Å². The first-order chi connectivity index (χ1) is 10.9. The Kier molecular flexibility index (Phi) is 7.25. The van der Waals surface area contributed by atoms with E-state index in [2.05, 4.69) is 10.1 Å². The summed E-state index contributed by atoms with van der Waals surface area (Å²) in [6, 6.07) is 7.41. The van der Waals surface area contributed by atoms with Crippen molar-refractivity contribution in [3.63, 3.8) is 0 Å². The molecule has 0 aromatic heterocycles. The topological polar surface area (TPSA) is 119 Å². The molecule has 0 aliphatic heterocycles. The number of carbonyl (C=O) groups is 4. The maximum absolute atomic E-state index is 11.7. The minimum absolute atomic E-state index is 0.00735. The van der Waals surface area contributed by atoms with E-state index in [1.165, 1.54) is 0 Å². The number of amides is 1. The van der Waals surface area contributed by atoms with Gasteiger partial charge < -0.3 is 19.9 Å². The van der Waals surface area contributed by atoms with E-state index in [1.54, 1.807) is 24.3 Å². The van der Waals surface area contributed by atoms with Crippen molar-refractivity contribution >= 4 is 23.8 Å². The highest BCUT2D eigenvalue weighted by atomic mass is 16.5. The summed E-state index contributed by atoms with van der Waals surface area (Å²) in [5, 5.41) is 11.1. The van der Waals surface area contributed by atoms with E-state index < -0.39 is 42.9 Å². The zero-order valence-electron chi connectivity index (χ0n) is 12.5. The fourth-order valence-electron chi connectivity index (χ4n) is 1.57. The van der Waals surface area contributed by atoms with Gasteiger partial charge in [0.2, 0.25) is 0 Å². The number of ether oxygens (including phenoxy) is 2. The summed E-state index contributed by atoms with van der Waals surface area (Å²) in [7, 11) is 0. The molecule has 0 saturated heterocycles. The number of rotatable bonds is 8.